The fourth-order valence-corrected chi connectivity index (χ4v) is 5.83. The highest BCUT2D eigenvalue weighted by Gasteiger charge is 2.53. The fraction of sp³-hybridized carbons (Fsp3) is 0.406. The van der Waals surface area contributed by atoms with Crippen molar-refractivity contribution in [2.75, 3.05) is 30.5 Å². The fourth-order valence-electron chi connectivity index (χ4n) is 5.83. The lowest BCUT2D eigenvalue weighted by Crippen LogP contribution is -2.51. The lowest BCUT2D eigenvalue weighted by atomic mass is 9.77. The molecule has 2 aliphatic rings. The van der Waals surface area contributed by atoms with Gasteiger partial charge in [-0.15, -0.1) is 0 Å². The van der Waals surface area contributed by atoms with E-state index in [0.29, 0.717) is 33.6 Å². The summed E-state index contributed by atoms with van der Waals surface area (Å²) in [5.41, 5.74) is 0.938. The summed E-state index contributed by atoms with van der Waals surface area (Å²) in [4.78, 5) is 15.7. The van der Waals surface area contributed by atoms with Gasteiger partial charge in [0.25, 0.3) is 0 Å². The first-order chi connectivity index (χ1) is 21.7. The van der Waals surface area contributed by atoms with E-state index >= 15 is 0 Å². The molecule has 0 amide bonds. The van der Waals surface area contributed by atoms with Crippen LogP contribution in [0.15, 0.2) is 60.7 Å². The van der Waals surface area contributed by atoms with E-state index in [1.807, 2.05) is 0 Å². The molecule has 1 spiro atoms. The number of benzene rings is 3. The number of ether oxygens (including phenoxy) is 2. The number of hydrogen-bond acceptors (Lipinski definition) is 14. The van der Waals surface area contributed by atoms with E-state index in [2.05, 4.69) is 0 Å². The molecule has 3 aromatic rings. The van der Waals surface area contributed by atoms with Crippen LogP contribution in [0, 0.1) is 0 Å². The zero-order valence-corrected chi connectivity index (χ0v) is 25.2. The number of fused-ring (bicyclic) bond motifs is 6. The summed E-state index contributed by atoms with van der Waals surface area (Å²) in [6, 6.07) is 16.4. The molecule has 0 bridgehead atoms. The quantitative estimate of drug-likeness (QED) is 0.0899. The average molecular weight is 643 g/mol. The Bertz CT molecular complexity index is 1590. The van der Waals surface area contributed by atoms with Crippen LogP contribution in [0.25, 0.3) is 0 Å². The Morgan fingerprint density at radius 1 is 0.696 bits per heavy atom. The lowest BCUT2D eigenvalue weighted by Gasteiger charge is -2.38. The van der Waals surface area contributed by atoms with Crippen LogP contribution < -0.4 is 14.5 Å². The Hall–Kier alpha value is -3.83. The highest BCUT2D eigenvalue weighted by atomic mass is 16.6. The van der Waals surface area contributed by atoms with Gasteiger partial charge in [-0.25, -0.2) is 4.79 Å². The van der Waals surface area contributed by atoms with Gasteiger partial charge in [0, 0.05) is 54.3 Å². The molecule has 14 heteroatoms. The van der Waals surface area contributed by atoms with Crippen LogP contribution in [0.1, 0.15) is 34.0 Å². The Kier molecular flexibility index (Phi) is 9.30. The maximum Gasteiger partial charge on any atom is 0.340 e. The number of aliphatic hydroxyl groups excluding tert-OH is 9. The molecule has 46 heavy (non-hydrogen) atoms. The standard InChI is InChI=1S/C32H38N2O12/c1-15(36)25(38)27(40)29(42)33(2)16-8-10-20-23(12-16)45-24-13-17(34(3)30(43)28(41)26(39)22(37)14-35)9-11-21(24)32(20)19-7-5-4-6-18(19)31(44)46-32/h4-13,15,22,25-30,35-43H,14H2,1-3H3. The summed E-state index contributed by atoms with van der Waals surface area (Å²) in [5.74, 6) is -0.165. The molecule has 2 aliphatic heterocycles. The van der Waals surface area contributed by atoms with Crippen LogP contribution in [-0.2, 0) is 10.3 Å². The summed E-state index contributed by atoms with van der Waals surface area (Å²) in [6.45, 7) is 0.439. The van der Waals surface area contributed by atoms with E-state index in [0.717, 1.165) is 0 Å². The van der Waals surface area contributed by atoms with Crippen molar-refractivity contribution in [3.8, 4) is 11.5 Å². The minimum Gasteiger partial charge on any atom is -0.456 e. The van der Waals surface area contributed by atoms with Crippen LogP contribution in [0.4, 0.5) is 11.4 Å². The SMILES string of the molecule is CC(O)C(O)C(O)C(O)N(C)c1ccc2c(c1)Oc1cc(N(C)C(O)C(O)C(O)C(O)CO)ccc1C21OC(=O)c2ccccc21. The third-order valence-electron chi connectivity index (χ3n) is 8.68. The predicted octanol–water partition coefficient (Wildman–Crippen LogP) is -1.06. The maximum atomic E-state index is 13.2. The number of anilines is 2. The minimum atomic E-state index is -1.87. The molecule has 0 saturated carbocycles. The number of rotatable bonds is 11. The molecule has 0 fully saturated rings. The third kappa shape index (κ3) is 5.47. The molecular weight excluding hydrogens is 604 g/mol. The number of esters is 1. The van der Waals surface area contributed by atoms with E-state index < -0.39 is 67.3 Å². The molecular formula is C32H38N2O12. The monoisotopic (exact) mass is 642 g/mol. The van der Waals surface area contributed by atoms with Crippen molar-refractivity contribution >= 4 is 17.3 Å². The second-order valence-electron chi connectivity index (χ2n) is 11.6. The van der Waals surface area contributed by atoms with E-state index in [-0.39, 0.29) is 11.5 Å². The number of aliphatic hydroxyl groups is 9. The van der Waals surface area contributed by atoms with Crippen molar-refractivity contribution in [3.05, 3.63) is 82.9 Å². The van der Waals surface area contributed by atoms with E-state index in [1.54, 1.807) is 54.6 Å². The summed E-state index contributed by atoms with van der Waals surface area (Å²) in [6.07, 6.45) is -13.5. The van der Waals surface area contributed by atoms with E-state index in [9.17, 15) is 45.6 Å². The van der Waals surface area contributed by atoms with Gasteiger partial charge in [-0.1, -0.05) is 18.2 Å². The molecule has 0 saturated heterocycles. The van der Waals surface area contributed by atoms with Gasteiger partial charge >= 0.3 is 5.97 Å². The van der Waals surface area contributed by atoms with Crippen molar-refractivity contribution in [3.63, 3.8) is 0 Å². The first-order valence-corrected chi connectivity index (χ1v) is 14.5. The van der Waals surface area contributed by atoms with Crippen molar-refractivity contribution in [1.82, 2.24) is 0 Å². The largest absolute Gasteiger partial charge is 0.456 e. The number of carbonyl (C=O) groups is 1. The molecule has 0 aromatic heterocycles. The van der Waals surface area contributed by atoms with E-state index in [1.165, 1.54) is 36.9 Å². The number of hydrogen-bond donors (Lipinski definition) is 9. The Morgan fingerprint density at radius 2 is 1.20 bits per heavy atom. The highest BCUT2D eigenvalue weighted by Crippen LogP contribution is 2.57. The third-order valence-corrected chi connectivity index (χ3v) is 8.68. The topological polar surface area (TPSA) is 224 Å². The smallest absolute Gasteiger partial charge is 0.340 e. The normalized spacial score (nSPS) is 21.8. The first kappa shape index (κ1) is 33.5. The highest BCUT2D eigenvalue weighted by molar-refractivity contribution is 5.97. The van der Waals surface area contributed by atoms with Gasteiger partial charge in [-0.3, -0.25) is 0 Å². The van der Waals surface area contributed by atoms with Gasteiger partial charge in [-0.2, -0.15) is 0 Å². The zero-order valence-electron chi connectivity index (χ0n) is 25.2. The Balaban J connectivity index is 1.58. The van der Waals surface area contributed by atoms with E-state index in [4.69, 9.17) is 14.6 Å². The number of carbonyl (C=O) groups excluding carboxylic acids is 1. The van der Waals surface area contributed by atoms with Gasteiger partial charge in [0.05, 0.1) is 18.3 Å². The molecule has 9 N–H and O–H groups in total. The number of nitrogens with zero attached hydrogens (tertiary/aromatic N) is 2. The van der Waals surface area contributed by atoms with Crippen molar-refractivity contribution in [1.29, 1.82) is 0 Å². The molecule has 0 aliphatic carbocycles. The van der Waals surface area contributed by atoms with Crippen LogP contribution in [0.5, 0.6) is 11.5 Å². The van der Waals surface area contributed by atoms with Gasteiger partial charge in [0.2, 0.25) is 0 Å². The number of likely N-dealkylation sites (N-methyl/N-ethyl adjacent to an activating group) is 2. The van der Waals surface area contributed by atoms with Crippen molar-refractivity contribution < 1.29 is 60.2 Å². The Morgan fingerprint density at radius 3 is 1.70 bits per heavy atom. The van der Waals surface area contributed by atoms with Crippen molar-refractivity contribution in [2.24, 2.45) is 0 Å². The molecule has 9 unspecified atom stereocenters. The van der Waals surface area contributed by atoms with Gasteiger partial charge < -0.3 is 65.2 Å². The van der Waals surface area contributed by atoms with Crippen LogP contribution in [0.3, 0.4) is 0 Å². The summed E-state index contributed by atoms with van der Waals surface area (Å²) in [7, 11) is 2.89. The first-order valence-electron chi connectivity index (χ1n) is 14.5. The van der Waals surface area contributed by atoms with Crippen LogP contribution in [0.2, 0.25) is 0 Å². The summed E-state index contributed by atoms with van der Waals surface area (Å²) in [5, 5.41) is 91.2. The van der Waals surface area contributed by atoms with Crippen LogP contribution >= 0.6 is 0 Å². The van der Waals surface area contributed by atoms with Crippen molar-refractivity contribution in [2.45, 2.75) is 61.6 Å². The molecule has 5 rings (SSSR count). The summed E-state index contributed by atoms with van der Waals surface area (Å²) < 4.78 is 12.5. The molecule has 0 radical (unpaired) electrons. The second-order valence-corrected chi connectivity index (χ2v) is 11.6. The minimum absolute atomic E-state index is 0.198. The predicted molar refractivity (Wildman–Crippen MR) is 162 cm³/mol. The van der Waals surface area contributed by atoms with Gasteiger partial charge in [0.1, 0.15) is 42.0 Å². The molecule has 14 nitrogen and oxygen atoms in total. The van der Waals surface area contributed by atoms with Gasteiger partial charge in [0.15, 0.2) is 18.1 Å². The molecule has 248 valence electrons. The molecule has 3 aromatic carbocycles. The molecule has 9 atom stereocenters. The lowest BCUT2D eigenvalue weighted by molar-refractivity contribution is -0.114. The maximum absolute atomic E-state index is 13.2. The molecule has 2 heterocycles. The zero-order chi connectivity index (χ0) is 33.7. The second kappa shape index (κ2) is 12.8. The Labute approximate surface area is 264 Å². The summed E-state index contributed by atoms with van der Waals surface area (Å²) >= 11 is 0. The van der Waals surface area contributed by atoms with Crippen LogP contribution in [-0.4, -0.2) is 122 Å². The van der Waals surface area contributed by atoms with Gasteiger partial charge in [-0.05, 0) is 37.3 Å². The average Bonchev–Trinajstić information content (AvgIpc) is 3.36.